The van der Waals surface area contributed by atoms with Gasteiger partial charge in [-0.1, -0.05) is 50.0 Å². The van der Waals surface area contributed by atoms with Crippen molar-refractivity contribution < 1.29 is 0 Å². The zero-order valence-electron chi connectivity index (χ0n) is 13.6. The van der Waals surface area contributed by atoms with Crippen LogP contribution >= 0.6 is 0 Å². The van der Waals surface area contributed by atoms with Gasteiger partial charge in [-0.25, -0.2) is 0 Å². The van der Waals surface area contributed by atoms with Crippen LogP contribution in [0.15, 0.2) is 81.8 Å². The summed E-state index contributed by atoms with van der Waals surface area (Å²) in [6, 6.07) is 0. The molecule has 1 rings (SSSR count). The predicted molar refractivity (Wildman–Crippen MR) is 95.7 cm³/mol. The minimum Gasteiger partial charge on any atom is -0.265 e. The molecular weight excluding hydrogens is 272 g/mol. The average Bonchev–Trinajstić information content (AvgIpc) is 2.72. The lowest BCUT2D eigenvalue weighted by atomic mass is 9.97. The van der Waals surface area contributed by atoms with Gasteiger partial charge in [0, 0.05) is 18.3 Å². The molecule has 0 heterocycles. The van der Waals surface area contributed by atoms with Crippen LogP contribution in [0.5, 0.6) is 0 Å². The molecule has 1 unspecified atom stereocenters. The predicted octanol–water partition coefficient (Wildman–Crippen LogP) is 5.66. The van der Waals surface area contributed by atoms with Crippen molar-refractivity contribution in [3.8, 4) is 0 Å². The van der Waals surface area contributed by atoms with E-state index in [1.165, 1.54) is 5.57 Å². The first-order chi connectivity index (χ1) is 10.6. The van der Waals surface area contributed by atoms with E-state index in [1.54, 1.807) is 6.08 Å². The van der Waals surface area contributed by atoms with Gasteiger partial charge in [0.05, 0.1) is 0 Å². The Balaban J connectivity index is 2.66. The molecule has 0 radical (unpaired) electrons. The van der Waals surface area contributed by atoms with Gasteiger partial charge < -0.3 is 0 Å². The van der Waals surface area contributed by atoms with E-state index in [-0.39, 0.29) is 5.70 Å². The number of aliphatic imine (C=N–C) groups is 1. The summed E-state index contributed by atoms with van der Waals surface area (Å²) in [6.45, 7) is 9.74. The number of allylic oxidation sites excluding steroid dienone is 9. The van der Waals surface area contributed by atoms with Crippen LogP contribution in [-0.2, 0) is 0 Å². The summed E-state index contributed by atoms with van der Waals surface area (Å²) in [5.74, 6) is 0.322. The first-order valence-corrected chi connectivity index (χ1v) is 7.50. The Kier molecular flexibility index (Phi) is 7.76. The molecule has 1 atom stereocenters. The minimum absolute atomic E-state index is 0.234. The Morgan fingerprint density at radius 3 is 2.86 bits per heavy atom. The molecule has 0 aromatic heterocycles. The van der Waals surface area contributed by atoms with Gasteiger partial charge in [0.15, 0.2) is 0 Å². The van der Waals surface area contributed by atoms with Crippen LogP contribution < -0.4 is 0 Å². The monoisotopic (exact) mass is 296 g/mol. The Labute approximate surface area is 133 Å². The SMILES string of the molecule is C=C(/C=C\C(=C\C)C(C)C/C=N/C1=C(C)C=CC=CC1)N=O. The van der Waals surface area contributed by atoms with E-state index in [1.807, 2.05) is 37.4 Å². The van der Waals surface area contributed by atoms with E-state index in [0.717, 1.165) is 24.1 Å². The second-order valence-corrected chi connectivity index (χ2v) is 5.27. The second-order valence-electron chi connectivity index (χ2n) is 5.27. The quantitative estimate of drug-likeness (QED) is 0.340. The number of rotatable bonds is 7. The molecule has 0 aromatic rings. The van der Waals surface area contributed by atoms with E-state index in [9.17, 15) is 4.91 Å². The zero-order chi connectivity index (χ0) is 16.4. The molecule has 22 heavy (non-hydrogen) atoms. The highest BCUT2D eigenvalue weighted by molar-refractivity contribution is 5.61. The Morgan fingerprint density at radius 2 is 2.18 bits per heavy atom. The lowest BCUT2D eigenvalue weighted by molar-refractivity contribution is 0.739. The molecule has 0 spiro atoms. The van der Waals surface area contributed by atoms with E-state index < -0.39 is 0 Å². The van der Waals surface area contributed by atoms with Gasteiger partial charge in [-0.2, -0.15) is 0 Å². The number of hydrogen-bond donors (Lipinski definition) is 0. The maximum Gasteiger partial charge on any atom is 0.100 e. The molecule has 1 aliphatic rings. The van der Waals surface area contributed by atoms with Crippen LogP contribution in [0.1, 0.15) is 33.6 Å². The molecule has 0 aromatic carbocycles. The fourth-order valence-corrected chi connectivity index (χ4v) is 2.09. The molecule has 1 aliphatic carbocycles. The molecule has 0 N–H and O–H groups in total. The molecule has 116 valence electrons. The van der Waals surface area contributed by atoms with Gasteiger partial charge in [0.2, 0.25) is 0 Å². The highest BCUT2D eigenvalue weighted by Gasteiger charge is 2.04. The first-order valence-electron chi connectivity index (χ1n) is 7.50. The van der Waals surface area contributed by atoms with Gasteiger partial charge >= 0.3 is 0 Å². The van der Waals surface area contributed by atoms with Crippen molar-refractivity contribution >= 4 is 6.21 Å². The van der Waals surface area contributed by atoms with Gasteiger partial charge in [-0.15, -0.1) is 4.91 Å². The van der Waals surface area contributed by atoms with E-state index in [4.69, 9.17) is 0 Å². The third-order valence-electron chi connectivity index (χ3n) is 3.55. The van der Waals surface area contributed by atoms with Gasteiger partial charge in [0.25, 0.3) is 0 Å². The smallest absolute Gasteiger partial charge is 0.100 e. The van der Waals surface area contributed by atoms with Crippen LogP contribution in [0.3, 0.4) is 0 Å². The molecule has 0 bridgehead atoms. The van der Waals surface area contributed by atoms with Crippen molar-refractivity contribution in [3.63, 3.8) is 0 Å². The van der Waals surface area contributed by atoms with Crippen LogP contribution in [-0.4, -0.2) is 6.21 Å². The van der Waals surface area contributed by atoms with Crippen molar-refractivity contribution in [2.75, 3.05) is 0 Å². The summed E-state index contributed by atoms with van der Waals surface area (Å²) < 4.78 is 0. The molecule has 0 saturated heterocycles. The van der Waals surface area contributed by atoms with Crippen LogP contribution in [0, 0.1) is 10.8 Å². The summed E-state index contributed by atoms with van der Waals surface area (Å²) in [5, 5.41) is 2.79. The van der Waals surface area contributed by atoms with Crippen molar-refractivity contribution in [2.45, 2.75) is 33.6 Å². The summed E-state index contributed by atoms with van der Waals surface area (Å²) in [6.07, 6.45) is 17.5. The molecule has 3 nitrogen and oxygen atoms in total. The second kappa shape index (κ2) is 9.61. The summed E-state index contributed by atoms with van der Waals surface area (Å²) in [7, 11) is 0. The summed E-state index contributed by atoms with van der Waals surface area (Å²) >= 11 is 0. The lowest BCUT2D eigenvalue weighted by Crippen LogP contribution is -1.98. The van der Waals surface area contributed by atoms with Gasteiger partial charge in [0.1, 0.15) is 5.70 Å². The minimum atomic E-state index is 0.234. The molecule has 0 fully saturated rings. The number of nitroso groups, excluding NO2 is 1. The van der Waals surface area contributed by atoms with Gasteiger partial charge in [-0.05, 0) is 48.6 Å². The van der Waals surface area contributed by atoms with E-state index in [2.05, 4.69) is 42.7 Å². The third-order valence-corrected chi connectivity index (χ3v) is 3.55. The van der Waals surface area contributed by atoms with Crippen molar-refractivity contribution in [1.82, 2.24) is 0 Å². The van der Waals surface area contributed by atoms with Crippen LogP contribution in [0.2, 0.25) is 0 Å². The van der Waals surface area contributed by atoms with Crippen molar-refractivity contribution in [3.05, 3.63) is 76.6 Å². The molecule has 0 saturated carbocycles. The average molecular weight is 296 g/mol. The lowest BCUT2D eigenvalue weighted by Gasteiger charge is -2.10. The number of nitrogens with zero attached hydrogens (tertiary/aromatic N) is 2. The zero-order valence-corrected chi connectivity index (χ0v) is 13.6. The topological polar surface area (TPSA) is 41.8 Å². The fraction of sp³-hybridized carbons (Fsp3) is 0.316. The van der Waals surface area contributed by atoms with E-state index >= 15 is 0 Å². The Hall–Kier alpha value is -2.29. The highest BCUT2D eigenvalue weighted by Crippen LogP contribution is 2.18. The largest absolute Gasteiger partial charge is 0.265 e. The maximum atomic E-state index is 10.3. The normalized spacial score (nSPS) is 17.3. The molecular formula is C19H24N2O. The van der Waals surface area contributed by atoms with Gasteiger partial charge in [-0.3, -0.25) is 4.99 Å². The molecule has 0 amide bonds. The third kappa shape index (κ3) is 6.00. The Bertz CT molecular complexity index is 587. The highest BCUT2D eigenvalue weighted by atomic mass is 16.3. The molecule has 3 heteroatoms. The van der Waals surface area contributed by atoms with Crippen molar-refractivity contribution in [1.29, 1.82) is 0 Å². The Morgan fingerprint density at radius 1 is 1.41 bits per heavy atom. The molecule has 0 aliphatic heterocycles. The van der Waals surface area contributed by atoms with Crippen LogP contribution in [0.25, 0.3) is 0 Å². The fourth-order valence-electron chi connectivity index (χ4n) is 2.09. The maximum absolute atomic E-state index is 10.3. The first kappa shape index (κ1) is 17.8. The standard InChI is InChI=1S/C19H24N2O/c1-5-18(12-11-17(4)21-22)15(2)13-14-20-19-10-8-6-7-9-16(19)3/h5-9,11-12,14-15H,4,10,13H2,1-3H3/b12-11-,18-5-,20-14+. The number of hydrogen-bond acceptors (Lipinski definition) is 3. The van der Waals surface area contributed by atoms with Crippen molar-refractivity contribution in [2.24, 2.45) is 16.1 Å². The van der Waals surface area contributed by atoms with E-state index in [0.29, 0.717) is 5.92 Å². The summed E-state index contributed by atoms with van der Waals surface area (Å²) in [4.78, 5) is 14.9. The van der Waals surface area contributed by atoms with Crippen LogP contribution in [0.4, 0.5) is 0 Å². The summed E-state index contributed by atoms with van der Waals surface area (Å²) in [5.41, 5.74) is 3.68.